The monoisotopic (exact) mass is 191 g/mol. The second-order valence-electron chi connectivity index (χ2n) is 3.93. The van der Waals surface area contributed by atoms with Gasteiger partial charge in [-0.05, 0) is 5.41 Å². The summed E-state index contributed by atoms with van der Waals surface area (Å²) in [4.78, 5) is 22.1. The van der Waals surface area contributed by atoms with Crippen LogP contribution in [0.1, 0.15) is 26.7 Å². The van der Waals surface area contributed by atoms with Crippen molar-refractivity contribution in [2.45, 2.75) is 32.7 Å². The number of carbonyl (C=O) groups excluding carboxylic acids is 2. The summed E-state index contributed by atoms with van der Waals surface area (Å²) in [7, 11) is 0. The third-order valence-electron chi connectivity index (χ3n) is 2.00. The molecule has 0 aromatic heterocycles. The topological polar surface area (TPSA) is 60.2 Å². The zero-order valence-corrected chi connectivity index (χ0v) is 8.11. The van der Waals surface area contributed by atoms with Crippen LogP contribution in [0.2, 0.25) is 0 Å². The Hall–Kier alpha value is -0.410. The summed E-state index contributed by atoms with van der Waals surface area (Å²) in [6.45, 7) is 3.82. The van der Waals surface area contributed by atoms with E-state index in [1.54, 1.807) is 0 Å². The minimum Gasteiger partial charge on any atom is -0.315 e. The first-order chi connectivity index (χ1) is 4.92. The molecular weight excluding hydrogens is 178 g/mol. The first-order valence-electron chi connectivity index (χ1n) is 3.73. The van der Waals surface area contributed by atoms with Crippen LogP contribution in [0, 0.1) is 5.41 Å². The average Bonchev–Trinajstić information content (AvgIpc) is 1.81. The SMILES string of the molecule is CC1(C)CC(=O)C(N)C(=O)C1.Cl. The number of ketones is 2. The zero-order valence-electron chi connectivity index (χ0n) is 7.29. The Morgan fingerprint density at radius 3 is 1.92 bits per heavy atom. The zero-order chi connectivity index (χ0) is 8.65. The maximum absolute atomic E-state index is 11.1. The van der Waals surface area contributed by atoms with Crippen LogP contribution in [-0.2, 0) is 9.59 Å². The predicted molar refractivity (Wildman–Crippen MR) is 48.3 cm³/mol. The van der Waals surface area contributed by atoms with Crippen LogP contribution in [0.15, 0.2) is 0 Å². The maximum atomic E-state index is 11.1. The van der Waals surface area contributed by atoms with E-state index >= 15 is 0 Å². The predicted octanol–water partition coefficient (Wildman–Crippen LogP) is 0.694. The highest BCUT2D eigenvalue weighted by Crippen LogP contribution is 2.30. The normalized spacial score (nSPS) is 23.6. The van der Waals surface area contributed by atoms with E-state index in [-0.39, 0.29) is 29.4 Å². The minimum atomic E-state index is -0.844. The molecule has 0 aromatic carbocycles. The summed E-state index contributed by atoms with van der Waals surface area (Å²) >= 11 is 0. The van der Waals surface area contributed by atoms with Crippen LogP contribution >= 0.6 is 12.4 Å². The van der Waals surface area contributed by atoms with Gasteiger partial charge in [0.25, 0.3) is 0 Å². The molecule has 2 N–H and O–H groups in total. The van der Waals surface area contributed by atoms with Gasteiger partial charge in [0.05, 0.1) is 0 Å². The fourth-order valence-electron chi connectivity index (χ4n) is 1.41. The quantitative estimate of drug-likeness (QED) is 0.574. The summed E-state index contributed by atoms with van der Waals surface area (Å²) < 4.78 is 0. The largest absolute Gasteiger partial charge is 0.315 e. The summed E-state index contributed by atoms with van der Waals surface area (Å²) in [5, 5.41) is 0. The molecule has 1 aliphatic carbocycles. The lowest BCUT2D eigenvalue weighted by Crippen LogP contribution is -2.46. The summed E-state index contributed by atoms with van der Waals surface area (Å²) in [5.41, 5.74) is 5.17. The van der Waals surface area contributed by atoms with E-state index in [9.17, 15) is 9.59 Å². The summed E-state index contributed by atoms with van der Waals surface area (Å²) in [6.07, 6.45) is 0.861. The minimum absolute atomic E-state index is 0. The average molecular weight is 192 g/mol. The van der Waals surface area contributed by atoms with Crippen LogP contribution < -0.4 is 5.73 Å². The first kappa shape index (κ1) is 11.6. The molecule has 3 nitrogen and oxygen atoms in total. The van der Waals surface area contributed by atoms with Gasteiger partial charge in [-0.1, -0.05) is 13.8 Å². The molecule has 0 aliphatic heterocycles. The van der Waals surface area contributed by atoms with Gasteiger partial charge in [0.1, 0.15) is 6.04 Å². The number of Topliss-reactive ketones (excluding diaryl/α,β-unsaturated/α-hetero) is 2. The van der Waals surface area contributed by atoms with Crippen molar-refractivity contribution in [2.75, 3.05) is 0 Å². The van der Waals surface area contributed by atoms with E-state index in [1.807, 2.05) is 13.8 Å². The number of nitrogens with two attached hydrogens (primary N) is 1. The second-order valence-corrected chi connectivity index (χ2v) is 3.93. The van der Waals surface area contributed by atoms with Gasteiger partial charge in [-0.3, -0.25) is 9.59 Å². The van der Waals surface area contributed by atoms with Gasteiger partial charge >= 0.3 is 0 Å². The fourth-order valence-corrected chi connectivity index (χ4v) is 1.41. The van der Waals surface area contributed by atoms with Crippen molar-refractivity contribution in [3.05, 3.63) is 0 Å². The summed E-state index contributed by atoms with van der Waals surface area (Å²) in [6, 6.07) is -0.844. The number of halogens is 1. The van der Waals surface area contributed by atoms with E-state index < -0.39 is 6.04 Å². The molecule has 0 radical (unpaired) electrons. The third-order valence-corrected chi connectivity index (χ3v) is 2.00. The Morgan fingerprint density at radius 2 is 1.58 bits per heavy atom. The van der Waals surface area contributed by atoms with Crippen molar-refractivity contribution in [1.82, 2.24) is 0 Å². The molecule has 12 heavy (non-hydrogen) atoms. The Kier molecular flexibility index (Phi) is 3.42. The molecule has 0 atom stereocenters. The molecular formula is C8H14ClNO2. The lowest BCUT2D eigenvalue weighted by Gasteiger charge is -2.30. The van der Waals surface area contributed by atoms with Crippen molar-refractivity contribution in [2.24, 2.45) is 11.1 Å². The second kappa shape index (κ2) is 3.54. The smallest absolute Gasteiger partial charge is 0.157 e. The summed E-state index contributed by atoms with van der Waals surface area (Å²) in [5.74, 6) is -0.238. The Morgan fingerprint density at radius 1 is 1.25 bits per heavy atom. The molecule has 0 unspecified atom stereocenters. The highest BCUT2D eigenvalue weighted by molar-refractivity contribution is 6.08. The van der Waals surface area contributed by atoms with Crippen molar-refractivity contribution in [3.8, 4) is 0 Å². The fraction of sp³-hybridized carbons (Fsp3) is 0.750. The highest BCUT2D eigenvalue weighted by atomic mass is 35.5. The van der Waals surface area contributed by atoms with Gasteiger partial charge in [-0.25, -0.2) is 0 Å². The number of rotatable bonds is 0. The van der Waals surface area contributed by atoms with Gasteiger partial charge in [0.15, 0.2) is 11.6 Å². The van der Waals surface area contributed by atoms with E-state index in [2.05, 4.69) is 0 Å². The number of hydrogen-bond acceptors (Lipinski definition) is 3. The molecule has 1 aliphatic rings. The van der Waals surface area contributed by atoms with Crippen LogP contribution in [0.5, 0.6) is 0 Å². The Bertz CT molecular complexity index is 193. The van der Waals surface area contributed by atoms with E-state index in [0.717, 1.165) is 0 Å². The van der Waals surface area contributed by atoms with Crippen molar-refractivity contribution < 1.29 is 9.59 Å². The standard InChI is InChI=1S/C8H13NO2.ClH/c1-8(2)3-5(10)7(9)6(11)4-8;/h7H,3-4,9H2,1-2H3;1H. The number of hydrogen-bond donors (Lipinski definition) is 1. The van der Waals surface area contributed by atoms with Gasteiger partial charge < -0.3 is 5.73 Å². The molecule has 0 bridgehead atoms. The lowest BCUT2D eigenvalue weighted by atomic mass is 9.74. The molecule has 0 amide bonds. The molecule has 0 spiro atoms. The Labute approximate surface area is 78.1 Å². The van der Waals surface area contributed by atoms with Crippen LogP contribution in [0.3, 0.4) is 0 Å². The first-order valence-corrected chi connectivity index (χ1v) is 3.73. The van der Waals surface area contributed by atoms with Crippen molar-refractivity contribution >= 4 is 24.0 Å². The molecule has 1 rings (SSSR count). The van der Waals surface area contributed by atoms with Gasteiger partial charge in [-0.15, -0.1) is 12.4 Å². The van der Waals surface area contributed by atoms with E-state index in [0.29, 0.717) is 12.8 Å². The van der Waals surface area contributed by atoms with Gasteiger partial charge in [0.2, 0.25) is 0 Å². The van der Waals surface area contributed by atoms with E-state index in [4.69, 9.17) is 5.73 Å². The van der Waals surface area contributed by atoms with Gasteiger partial charge in [-0.2, -0.15) is 0 Å². The molecule has 1 fully saturated rings. The third kappa shape index (κ3) is 2.29. The van der Waals surface area contributed by atoms with Crippen LogP contribution in [0.4, 0.5) is 0 Å². The molecule has 0 aromatic rings. The maximum Gasteiger partial charge on any atom is 0.157 e. The molecule has 1 saturated carbocycles. The molecule has 0 heterocycles. The highest BCUT2D eigenvalue weighted by Gasteiger charge is 2.37. The number of carbonyl (C=O) groups is 2. The van der Waals surface area contributed by atoms with Crippen LogP contribution in [-0.4, -0.2) is 17.6 Å². The molecule has 4 heteroatoms. The van der Waals surface area contributed by atoms with Crippen LogP contribution in [0.25, 0.3) is 0 Å². The molecule has 0 saturated heterocycles. The Balaban J connectivity index is 0.00000121. The van der Waals surface area contributed by atoms with Gasteiger partial charge in [0, 0.05) is 12.8 Å². The lowest BCUT2D eigenvalue weighted by molar-refractivity contribution is -0.135. The van der Waals surface area contributed by atoms with Crippen molar-refractivity contribution in [3.63, 3.8) is 0 Å². The van der Waals surface area contributed by atoms with E-state index in [1.165, 1.54) is 0 Å². The molecule has 70 valence electrons. The van der Waals surface area contributed by atoms with Crippen molar-refractivity contribution in [1.29, 1.82) is 0 Å².